The summed E-state index contributed by atoms with van der Waals surface area (Å²) in [6, 6.07) is 6.60. The van der Waals surface area contributed by atoms with Crippen molar-refractivity contribution in [3.8, 4) is 0 Å². The third-order valence-electron chi connectivity index (χ3n) is 3.97. The lowest BCUT2D eigenvalue weighted by molar-refractivity contribution is 0.0496. The second-order valence-electron chi connectivity index (χ2n) is 5.44. The van der Waals surface area contributed by atoms with Gasteiger partial charge in [0, 0.05) is 56.3 Å². The van der Waals surface area contributed by atoms with Gasteiger partial charge in [-0.3, -0.25) is 9.80 Å². The Morgan fingerprint density at radius 2 is 2.29 bits per heavy atom. The molecule has 2 aromatic rings. The lowest BCUT2D eigenvalue weighted by atomic mass is 10.1. The summed E-state index contributed by atoms with van der Waals surface area (Å²) in [6.07, 6.45) is 2.44. The fraction of sp³-hybridized carbons (Fsp3) is 0.533. The molecular weight excluding hydrogens is 286 g/mol. The first kappa shape index (κ1) is 14.7. The summed E-state index contributed by atoms with van der Waals surface area (Å²) in [6.45, 7) is 5.08. The first-order valence-corrected chi connectivity index (χ1v) is 8.22. The molecule has 114 valence electrons. The highest BCUT2D eigenvalue weighted by Crippen LogP contribution is 2.20. The van der Waals surface area contributed by atoms with Crippen molar-refractivity contribution in [2.45, 2.75) is 25.6 Å². The summed E-state index contributed by atoms with van der Waals surface area (Å²) < 4.78 is 4.90. The van der Waals surface area contributed by atoms with Gasteiger partial charge < -0.3 is 9.63 Å². The number of thiophene rings is 1. The first-order valence-electron chi connectivity index (χ1n) is 7.34. The first-order chi connectivity index (χ1) is 10.3. The summed E-state index contributed by atoms with van der Waals surface area (Å²) in [5.41, 5.74) is 0.976. The van der Waals surface area contributed by atoms with Gasteiger partial charge in [0.25, 0.3) is 0 Å². The fourth-order valence-corrected chi connectivity index (χ4v) is 3.61. The standard InChI is InChI=1S/C15H21N3O2S/c19-7-3-14-11-17(10-13-4-8-20-16-13)5-6-18(14)12-15-2-1-9-21-15/h1-2,4,8-9,14,19H,3,5-7,10-12H2. The predicted octanol–water partition coefficient (Wildman–Crippen LogP) is 1.80. The molecule has 2 aromatic heterocycles. The molecule has 1 fully saturated rings. The van der Waals surface area contributed by atoms with Gasteiger partial charge in [-0.2, -0.15) is 0 Å². The van der Waals surface area contributed by atoms with Crippen molar-refractivity contribution >= 4 is 11.3 Å². The van der Waals surface area contributed by atoms with Crippen molar-refractivity contribution in [2.24, 2.45) is 0 Å². The van der Waals surface area contributed by atoms with Crippen LogP contribution in [0.4, 0.5) is 0 Å². The van der Waals surface area contributed by atoms with Gasteiger partial charge >= 0.3 is 0 Å². The van der Waals surface area contributed by atoms with Crippen LogP contribution in [0, 0.1) is 0 Å². The van der Waals surface area contributed by atoms with Crippen LogP contribution in [0.15, 0.2) is 34.4 Å². The van der Waals surface area contributed by atoms with Crippen LogP contribution in [0.3, 0.4) is 0 Å². The van der Waals surface area contributed by atoms with Crippen LogP contribution in [0.1, 0.15) is 17.0 Å². The van der Waals surface area contributed by atoms with Gasteiger partial charge in [-0.1, -0.05) is 11.2 Å². The van der Waals surface area contributed by atoms with E-state index in [2.05, 4.69) is 32.5 Å². The third-order valence-corrected chi connectivity index (χ3v) is 4.83. The molecule has 1 atom stereocenters. The number of nitrogens with zero attached hydrogens (tertiary/aromatic N) is 3. The Morgan fingerprint density at radius 3 is 3.00 bits per heavy atom. The molecule has 3 rings (SSSR count). The van der Waals surface area contributed by atoms with Gasteiger partial charge in [-0.15, -0.1) is 11.3 Å². The van der Waals surface area contributed by atoms with Crippen LogP contribution in [0.25, 0.3) is 0 Å². The number of aromatic nitrogens is 1. The lowest BCUT2D eigenvalue weighted by Gasteiger charge is -2.41. The van der Waals surface area contributed by atoms with Gasteiger partial charge in [0.05, 0.1) is 5.69 Å². The van der Waals surface area contributed by atoms with E-state index in [1.54, 1.807) is 17.6 Å². The second-order valence-corrected chi connectivity index (χ2v) is 6.47. The van der Waals surface area contributed by atoms with Crippen molar-refractivity contribution in [1.29, 1.82) is 0 Å². The molecule has 6 heteroatoms. The summed E-state index contributed by atoms with van der Waals surface area (Å²) >= 11 is 1.80. The molecule has 3 heterocycles. The Hall–Kier alpha value is -1.21. The van der Waals surface area contributed by atoms with Gasteiger partial charge in [0.2, 0.25) is 0 Å². The highest BCUT2D eigenvalue weighted by atomic mass is 32.1. The quantitative estimate of drug-likeness (QED) is 0.882. The minimum Gasteiger partial charge on any atom is -0.396 e. The molecular formula is C15H21N3O2S. The zero-order chi connectivity index (χ0) is 14.5. The molecule has 0 aromatic carbocycles. The van der Waals surface area contributed by atoms with Crippen LogP contribution in [0.2, 0.25) is 0 Å². The Morgan fingerprint density at radius 1 is 1.33 bits per heavy atom. The topological polar surface area (TPSA) is 52.7 Å². The molecule has 0 amide bonds. The van der Waals surface area contributed by atoms with Crippen molar-refractivity contribution in [3.05, 3.63) is 40.4 Å². The van der Waals surface area contributed by atoms with E-state index in [1.807, 2.05) is 6.07 Å². The highest BCUT2D eigenvalue weighted by Gasteiger charge is 2.27. The smallest absolute Gasteiger partial charge is 0.124 e. The van der Waals surface area contributed by atoms with Crippen LogP contribution >= 0.6 is 11.3 Å². The molecule has 0 saturated carbocycles. The van der Waals surface area contributed by atoms with Crippen LogP contribution in [-0.4, -0.2) is 52.3 Å². The zero-order valence-corrected chi connectivity index (χ0v) is 12.8. The number of aliphatic hydroxyl groups is 1. The molecule has 1 unspecified atom stereocenters. The van der Waals surface area contributed by atoms with E-state index in [1.165, 1.54) is 4.88 Å². The molecule has 1 aliphatic heterocycles. The molecule has 0 spiro atoms. The summed E-state index contributed by atoms with van der Waals surface area (Å²) in [4.78, 5) is 6.27. The maximum Gasteiger partial charge on any atom is 0.124 e. The Balaban J connectivity index is 1.59. The maximum atomic E-state index is 9.34. The van der Waals surface area contributed by atoms with Crippen molar-refractivity contribution < 1.29 is 9.63 Å². The molecule has 1 aliphatic rings. The van der Waals surface area contributed by atoms with Gasteiger partial charge in [0.15, 0.2) is 0 Å². The summed E-state index contributed by atoms with van der Waals surface area (Å²) in [7, 11) is 0. The molecule has 1 N–H and O–H groups in total. The molecule has 0 aliphatic carbocycles. The van der Waals surface area contributed by atoms with E-state index in [9.17, 15) is 5.11 Å². The molecule has 0 radical (unpaired) electrons. The maximum absolute atomic E-state index is 9.34. The van der Waals surface area contributed by atoms with Crippen LogP contribution < -0.4 is 0 Å². The van der Waals surface area contributed by atoms with E-state index in [-0.39, 0.29) is 6.61 Å². The Kier molecular flexibility index (Phi) is 5.03. The van der Waals surface area contributed by atoms with E-state index in [4.69, 9.17) is 4.52 Å². The normalized spacial score (nSPS) is 20.9. The molecule has 21 heavy (non-hydrogen) atoms. The summed E-state index contributed by atoms with van der Waals surface area (Å²) in [5, 5.41) is 15.4. The predicted molar refractivity (Wildman–Crippen MR) is 82.0 cm³/mol. The lowest BCUT2D eigenvalue weighted by Crippen LogP contribution is -2.52. The summed E-state index contributed by atoms with van der Waals surface area (Å²) in [5.74, 6) is 0. The van der Waals surface area contributed by atoms with E-state index < -0.39 is 0 Å². The van der Waals surface area contributed by atoms with Crippen LogP contribution in [-0.2, 0) is 13.1 Å². The molecule has 1 saturated heterocycles. The Labute approximate surface area is 128 Å². The Bertz CT molecular complexity index is 515. The minimum atomic E-state index is 0.239. The van der Waals surface area contributed by atoms with Gasteiger partial charge in [0.1, 0.15) is 6.26 Å². The largest absolute Gasteiger partial charge is 0.396 e. The molecule has 0 bridgehead atoms. The molecule has 5 nitrogen and oxygen atoms in total. The monoisotopic (exact) mass is 307 g/mol. The number of aliphatic hydroxyl groups excluding tert-OH is 1. The number of hydrogen-bond acceptors (Lipinski definition) is 6. The van der Waals surface area contributed by atoms with Crippen molar-refractivity contribution in [1.82, 2.24) is 15.0 Å². The van der Waals surface area contributed by atoms with E-state index >= 15 is 0 Å². The van der Waals surface area contributed by atoms with Crippen molar-refractivity contribution in [2.75, 3.05) is 26.2 Å². The van der Waals surface area contributed by atoms with E-state index in [0.717, 1.165) is 44.8 Å². The average molecular weight is 307 g/mol. The number of rotatable bonds is 6. The van der Waals surface area contributed by atoms with E-state index in [0.29, 0.717) is 6.04 Å². The average Bonchev–Trinajstić information content (AvgIpc) is 3.15. The second kappa shape index (κ2) is 7.17. The van der Waals surface area contributed by atoms with Gasteiger partial charge in [-0.25, -0.2) is 0 Å². The van der Waals surface area contributed by atoms with Crippen LogP contribution in [0.5, 0.6) is 0 Å². The van der Waals surface area contributed by atoms with Crippen molar-refractivity contribution in [3.63, 3.8) is 0 Å². The number of piperazine rings is 1. The SMILES string of the molecule is OCCC1CN(Cc2ccon2)CCN1Cc1cccs1. The fourth-order valence-electron chi connectivity index (χ4n) is 2.88. The minimum absolute atomic E-state index is 0.239. The highest BCUT2D eigenvalue weighted by molar-refractivity contribution is 7.09. The third kappa shape index (κ3) is 3.91. The van der Waals surface area contributed by atoms with Gasteiger partial charge in [-0.05, 0) is 17.9 Å². The zero-order valence-electron chi connectivity index (χ0n) is 12.0. The number of hydrogen-bond donors (Lipinski definition) is 1.